The van der Waals surface area contributed by atoms with E-state index in [0.717, 1.165) is 6.42 Å². The quantitative estimate of drug-likeness (QED) is 0.839. The van der Waals surface area contributed by atoms with Crippen molar-refractivity contribution in [1.29, 1.82) is 5.26 Å². The second kappa shape index (κ2) is 8.25. The Labute approximate surface area is 148 Å². The van der Waals surface area contributed by atoms with E-state index < -0.39 is 0 Å². The molecule has 0 unspecified atom stereocenters. The van der Waals surface area contributed by atoms with Crippen LogP contribution in [-0.4, -0.2) is 31.2 Å². The molecule has 6 heteroatoms. The van der Waals surface area contributed by atoms with Gasteiger partial charge < -0.3 is 19.4 Å². The van der Waals surface area contributed by atoms with Gasteiger partial charge in [-0.2, -0.15) is 5.26 Å². The fourth-order valence-electron chi connectivity index (χ4n) is 2.50. The predicted molar refractivity (Wildman–Crippen MR) is 95.4 cm³/mol. The number of carbonyl (C=O) groups is 1. The normalized spacial score (nSPS) is 10.4. The van der Waals surface area contributed by atoms with Gasteiger partial charge in [-0.3, -0.25) is 4.79 Å². The Bertz CT molecular complexity index is 788. The molecule has 2 aromatic rings. The molecule has 0 aliphatic rings. The molecule has 0 aliphatic carbocycles. The zero-order valence-electron chi connectivity index (χ0n) is 15.0. The van der Waals surface area contributed by atoms with Crippen molar-refractivity contribution in [2.45, 2.75) is 20.3 Å². The topological polar surface area (TPSA) is 76.3 Å². The van der Waals surface area contributed by atoms with Crippen molar-refractivity contribution in [3.05, 3.63) is 41.7 Å². The third-order valence-electron chi connectivity index (χ3n) is 3.88. The van der Waals surface area contributed by atoms with Gasteiger partial charge in [-0.05, 0) is 30.5 Å². The number of carbonyl (C=O) groups excluding carboxylic acids is 1. The first-order valence-corrected chi connectivity index (χ1v) is 8.13. The van der Waals surface area contributed by atoms with E-state index in [2.05, 4.69) is 25.2 Å². The van der Waals surface area contributed by atoms with Crippen LogP contribution in [0.4, 0.5) is 0 Å². The molecule has 1 heterocycles. The third kappa shape index (κ3) is 4.13. The summed E-state index contributed by atoms with van der Waals surface area (Å²) in [6.45, 7) is 4.75. The molecule has 2 rings (SSSR count). The van der Waals surface area contributed by atoms with Crippen molar-refractivity contribution >= 4 is 5.91 Å². The molecule has 0 saturated carbocycles. The highest BCUT2D eigenvalue weighted by molar-refractivity contribution is 5.96. The number of hydrogen-bond acceptors (Lipinski definition) is 4. The van der Waals surface area contributed by atoms with Gasteiger partial charge in [0.2, 0.25) is 0 Å². The Hall–Kier alpha value is -2.94. The second-order valence-corrected chi connectivity index (χ2v) is 6.04. The lowest BCUT2D eigenvalue weighted by molar-refractivity contribution is 0.0945. The number of nitrogens with zero attached hydrogens (tertiary/aromatic N) is 2. The van der Waals surface area contributed by atoms with Crippen molar-refractivity contribution in [2.24, 2.45) is 5.92 Å². The lowest BCUT2D eigenvalue weighted by atomic mass is 10.1. The van der Waals surface area contributed by atoms with Crippen LogP contribution in [0, 0.1) is 17.2 Å². The summed E-state index contributed by atoms with van der Waals surface area (Å²) in [5, 5.41) is 12.2. The highest BCUT2D eigenvalue weighted by Gasteiger charge is 2.20. The minimum atomic E-state index is -0.278. The number of aromatic nitrogens is 1. The van der Waals surface area contributed by atoms with Crippen molar-refractivity contribution in [2.75, 3.05) is 20.8 Å². The smallest absolute Gasteiger partial charge is 0.269 e. The van der Waals surface area contributed by atoms with E-state index in [4.69, 9.17) is 9.47 Å². The Morgan fingerprint density at radius 1 is 1.28 bits per heavy atom. The van der Waals surface area contributed by atoms with E-state index in [9.17, 15) is 10.1 Å². The first kappa shape index (κ1) is 18.4. The molecule has 6 nitrogen and oxygen atoms in total. The van der Waals surface area contributed by atoms with Gasteiger partial charge in [-0.1, -0.05) is 13.8 Å². The molecule has 1 aromatic heterocycles. The van der Waals surface area contributed by atoms with Gasteiger partial charge in [0.1, 0.15) is 23.3 Å². The Balaban J connectivity index is 2.42. The summed E-state index contributed by atoms with van der Waals surface area (Å²) >= 11 is 0. The number of hydrogen-bond donors (Lipinski definition) is 1. The molecule has 0 spiro atoms. The number of benzene rings is 1. The fraction of sp³-hybridized carbons (Fsp3) is 0.368. The monoisotopic (exact) mass is 341 g/mol. The van der Waals surface area contributed by atoms with Gasteiger partial charge in [0.15, 0.2) is 0 Å². The summed E-state index contributed by atoms with van der Waals surface area (Å²) in [6, 6.07) is 9.02. The average Bonchev–Trinajstić information content (AvgIpc) is 3.04. The van der Waals surface area contributed by atoms with Crippen LogP contribution in [0.5, 0.6) is 11.5 Å². The number of methoxy groups -OCH3 is 2. The van der Waals surface area contributed by atoms with Crippen LogP contribution in [0.25, 0.3) is 5.69 Å². The van der Waals surface area contributed by atoms with Gasteiger partial charge in [0.05, 0.1) is 25.5 Å². The largest absolute Gasteiger partial charge is 0.497 e. The lowest BCUT2D eigenvalue weighted by Gasteiger charge is -2.15. The summed E-state index contributed by atoms with van der Waals surface area (Å²) in [6.07, 6.45) is 2.57. The van der Waals surface area contributed by atoms with E-state index in [0.29, 0.717) is 40.9 Å². The second-order valence-electron chi connectivity index (χ2n) is 6.04. The Kier molecular flexibility index (Phi) is 6.07. The highest BCUT2D eigenvalue weighted by atomic mass is 16.5. The summed E-state index contributed by atoms with van der Waals surface area (Å²) in [5.74, 6) is 1.41. The van der Waals surface area contributed by atoms with Crippen LogP contribution in [0.3, 0.4) is 0 Å². The Morgan fingerprint density at radius 3 is 2.64 bits per heavy atom. The molecule has 0 radical (unpaired) electrons. The fourth-order valence-corrected chi connectivity index (χ4v) is 2.50. The van der Waals surface area contributed by atoms with E-state index >= 15 is 0 Å². The van der Waals surface area contributed by atoms with E-state index in [1.165, 1.54) is 0 Å². The first-order chi connectivity index (χ1) is 12.0. The molecule has 0 aliphatic heterocycles. The third-order valence-corrected chi connectivity index (χ3v) is 3.88. The standard InChI is InChI=1S/C19H23N3O3/c1-13(2)7-9-21-19(23)18-14(12-20)8-10-22(18)16-6-5-15(24-3)11-17(16)25-4/h5-6,8,10-11,13H,7,9H2,1-4H3,(H,21,23). The maximum atomic E-state index is 12.6. The van der Waals surface area contributed by atoms with Gasteiger partial charge in [0.25, 0.3) is 5.91 Å². The maximum Gasteiger partial charge on any atom is 0.269 e. The Morgan fingerprint density at radius 2 is 2.04 bits per heavy atom. The van der Waals surface area contributed by atoms with Crippen LogP contribution < -0.4 is 14.8 Å². The number of rotatable bonds is 7. The summed E-state index contributed by atoms with van der Waals surface area (Å²) in [7, 11) is 3.13. The molecule has 1 aromatic carbocycles. The number of nitrogens with one attached hydrogen (secondary N) is 1. The molecule has 132 valence electrons. The zero-order chi connectivity index (χ0) is 18.4. The van der Waals surface area contributed by atoms with Gasteiger partial charge >= 0.3 is 0 Å². The minimum Gasteiger partial charge on any atom is -0.497 e. The van der Waals surface area contributed by atoms with Crippen LogP contribution in [-0.2, 0) is 0 Å². The van der Waals surface area contributed by atoms with Crippen molar-refractivity contribution in [1.82, 2.24) is 9.88 Å². The number of ether oxygens (including phenoxy) is 2. The minimum absolute atomic E-state index is 0.278. The van der Waals surface area contributed by atoms with E-state index in [1.54, 1.807) is 49.2 Å². The number of amides is 1. The van der Waals surface area contributed by atoms with Gasteiger partial charge in [-0.15, -0.1) is 0 Å². The molecule has 25 heavy (non-hydrogen) atoms. The molecule has 0 fully saturated rings. The highest BCUT2D eigenvalue weighted by Crippen LogP contribution is 2.30. The number of nitriles is 1. The molecule has 1 N–H and O–H groups in total. The first-order valence-electron chi connectivity index (χ1n) is 8.13. The van der Waals surface area contributed by atoms with Gasteiger partial charge in [0, 0.05) is 18.8 Å². The lowest BCUT2D eigenvalue weighted by Crippen LogP contribution is -2.28. The SMILES string of the molecule is COc1ccc(-n2ccc(C#N)c2C(=O)NCCC(C)C)c(OC)c1. The molecule has 0 atom stereocenters. The summed E-state index contributed by atoms with van der Waals surface area (Å²) in [4.78, 5) is 12.6. The van der Waals surface area contributed by atoms with Crippen LogP contribution >= 0.6 is 0 Å². The van der Waals surface area contributed by atoms with Gasteiger partial charge in [-0.25, -0.2) is 0 Å². The molecule has 1 amide bonds. The summed E-state index contributed by atoms with van der Waals surface area (Å²) < 4.78 is 12.3. The van der Waals surface area contributed by atoms with E-state index in [1.807, 2.05) is 0 Å². The van der Waals surface area contributed by atoms with Crippen molar-refractivity contribution in [3.8, 4) is 23.3 Å². The average molecular weight is 341 g/mol. The molecular formula is C19H23N3O3. The zero-order valence-corrected chi connectivity index (χ0v) is 15.0. The molecule has 0 bridgehead atoms. The predicted octanol–water partition coefficient (Wildman–Crippen LogP) is 3.14. The summed E-state index contributed by atoms with van der Waals surface area (Å²) in [5.41, 5.74) is 1.29. The van der Waals surface area contributed by atoms with Crippen LogP contribution in [0.15, 0.2) is 30.5 Å². The van der Waals surface area contributed by atoms with Crippen molar-refractivity contribution in [3.63, 3.8) is 0 Å². The van der Waals surface area contributed by atoms with E-state index in [-0.39, 0.29) is 5.91 Å². The van der Waals surface area contributed by atoms with Crippen molar-refractivity contribution < 1.29 is 14.3 Å². The molecule has 0 saturated heterocycles. The molecular weight excluding hydrogens is 318 g/mol. The maximum absolute atomic E-state index is 12.6. The van der Waals surface area contributed by atoms with Crippen LogP contribution in [0.1, 0.15) is 36.3 Å². The van der Waals surface area contributed by atoms with Crippen LogP contribution in [0.2, 0.25) is 0 Å².